The fourth-order valence-electron chi connectivity index (χ4n) is 2.59. The van der Waals surface area contributed by atoms with Gasteiger partial charge in [-0.3, -0.25) is 4.79 Å². The number of hydrogen-bond acceptors (Lipinski definition) is 1. The Morgan fingerprint density at radius 3 is 2.17 bits per heavy atom. The van der Waals surface area contributed by atoms with Crippen molar-refractivity contribution in [2.75, 3.05) is 0 Å². The lowest BCUT2D eigenvalue weighted by Crippen LogP contribution is -2.16. The summed E-state index contributed by atoms with van der Waals surface area (Å²) in [4.78, 5) is 12.2. The summed E-state index contributed by atoms with van der Waals surface area (Å²) < 4.78 is 0. The van der Waals surface area contributed by atoms with E-state index in [2.05, 4.69) is 50.4 Å². The molecule has 2 nitrogen and oxygen atoms in total. The van der Waals surface area contributed by atoms with Crippen LogP contribution in [0.15, 0.2) is 66.2 Å². The van der Waals surface area contributed by atoms with Gasteiger partial charge in [-0.1, -0.05) is 75.4 Å². The van der Waals surface area contributed by atoms with Crippen LogP contribution in [0.4, 0.5) is 0 Å². The second-order valence-electron chi connectivity index (χ2n) is 6.85. The van der Waals surface area contributed by atoms with Crippen molar-refractivity contribution in [2.24, 2.45) is 0 Å². The van der Waals surface area contributed by atoms with Gasteiger partial charge in [0.1, 0.15) is 0 Å². The van der Waals surface area contributed by atoms with E-state index in [1.165, 1.54) is 5.56 Å². The molecule has 23 heavy (non-hydrogen) atoms. The number of carbonyl (C=O) groups is 1. The van der Waals surface area contributed by atoms with E-state index in [0.29, 0.717) is 5.57 Å². The van der Waals surface area contributed by atoms with Gasteiger partial charge in [-0.05, 0) is 34.3 Å². The van der Waals surface area contributed by atoms with Gasteiger partial charge in [0.2, 0.25) is 0 Å². The number of benzene rings is 2. The molecule has 0 aliphatic carbocycles. The van der Waals surface area contributed by atoms with E-state index in [9.17, 15) is 4.79 Å². The Balaban J connectivity index is 1.88. The highest BCUT2D eigenvalue weighted by Gasteiger charge is 2.20. The van der Waals surface area contributed by atoms with Crippen molar-refractivity contribution < 1.29 is 4.79 Å². The number of carbonyl (C=O) groups excluding carboxylic acids is 1. The maximum atomic E-state index is 12.2. The van der Waals surface area contributed by atoms with Crippen LogP contribution in [-0.2, 0) is 10.2 Å². The second-order valence-corrected chi connectivity index (χ2v) is 6.85. The average Bonchev–Trinajstić information content (AvgIpc) is 2.89. The maximum Gasteiger partial charge on any atom is 0.255 e. The molecule has 0 saturated carbocycles. The van der Waals surface area contributed by atoms with E-state index in [4.69, 9.17) is 0 Å². The highest BCUT2D eigenvalue weighted by atomic mass is 16.1. The summed E-state index contributed by atoms with van der Waals surface area (Å²) in [5, 5.41) is 2.95. The van der Waals surface area contributed by atoms with Crippen molar-refractivity contribution in [3.05, 3.63) is 82.9 Å². The number of amides is 1. The number of hydrogen-bond donors (Lipinski definition) is 1. The second kappa shape index (κ2) is 5.88. The van der Waals surface area contributed by atoms with Crippen LogP contribution >= 0.6 is 0 Å². The van der Waals surface area contributed by atoms with Gasteiger partial charge in [0, 0.05) is 11.3 Å². The molecule has 1 aliphatic heterocycles. The third kappa shape index (κ3) is 3.42. The highest BCUT2D eigenvalue weighted by Crippen LogP contribution is 2.26. The topological polar surface area (TPSA) is 29.1 Å². The van der Waals surface area contributed by atoms with Crippen LogP contribution in [0.1, 0.15) is 37.5 Å². The molecule has 0 fully saturated rings. The van der Waals surface area contributed by atoms with Crippen molar-refractivity contribution >= 4 is 17.7 Å². The van der Waals surface area contributed by atoms with Crippen LogP contribution in [0, 0.1) is 0 Å². The fourth-order valence-corrected chi connectivity index (χ4v) is 2.59. The van der Waals surface area contributed by atoms with Crippen LogP contribution < -0.4 is 5.32 Å². The van der Waals surface area contributed by atoms with Gasteiger partial charge in [0.05, 0.1) is 0 Å². The molecule has 2 aromatic carbocycles. The molecule has 1 N–H and O–H groups in total. The SMILES string of the molecule is CC(C)(C)c1ccc(C2=CC(=Cc3ccccc3)C(=O)N2)cc1. The molecule has 0 atom stereocenters. The van der Waals surface area contributed by atoms with Crippen LogP contribution in [0.25, 0.3) is 11.8 Å². The molecule has 0 spiro atoms. The molecule has 1 aliphatic rings. The Kier molecular flexibility index (Phi) is 3.91. The lowest BCUT2D eigenvalue weighted by molar-refractivity contribution is -0.115. The standard InChI is InChI=1S/C21H21NO/c1-21(2,3)18-11-9-16(10-12-18)19-14-17(20(23)22-19)13-15-7-5-4-6-8-15/h4-14H,1-3H3,(H,22,23). The van der Waals surface area contributed by atoms with Gasteiger partial charge in [-0.25, -0.2) is 0 Å². The third-order valence-electron chi connectivity index (χ3n) is 3.99. The molecular formula is C21H21NO. The van der Waals surface area contributed by atoms with Gasteiger partial charge in [0.15, 0.2) is 0 Å². The summed E-state index contributed by atoms with van der Waals surface area (Å²) in [7, 11) is 0. The summed E-state index contributed by atoms with van der Waals surface area (Å²) in [5.74, 6) is -0.0521. The largest absolute Gasteiger partial charge is 0.321 e. The highest BCUT2D eigenvalue weighted by molar-refractivity contribution is 6.10. The molecule has 0 aromatic heterocycles. The summed E-state index contributed by atoms with van der Waals surface area (Å²) >= 11 is 0. The lowest BCUT2D eigenvalue weighted by Gasteiger charge is -2.19. The van der Waals surface area contributed by atoms with Crippen molar-refractivity contribution in [3.63, 3.8) is 0 Å². The minimum absolute atomic E-state index is 0.0521. The van der Waals surface area contributed by atoms with Gasteiger partial charge < -0.3 is 5.32 Å². The molecule has 1 heterocycles. The van der Waals surface area contributed by atoms with Gasteiger partial charge in [0.25, 0.3) is 5.91 Å². The zero-order valence-electron chi connectivity index (χ0n) is 13.8. The molecule has 2 heteroatoms. The van der Waals surface area contributed by atoms with E-state index in [1.807, 2.05) is 42.5 Å². The Hall–Kier alpha value is -2.61. The van der Waals surface area contributed by atoms with Gasteiger partial charge >= 0.3 is 0 Å². The Bertz CT molecular complexity index is 775. The summed E-state index contributed by atoms with van der Waals surface area (Å²) in [5.41, 5.74) is 5.01. The van der Waals surface area contributed by atoms with E-state index >= 15 is 0 Å². The zero-order valence-corrected chi connectivity index (χ0v) is 13.8. The van der Waals surface area contributed by atoms with E-state index in [0.717, 1.165) is 16.8 Å². The molecule has 2 aromatic rings. The monoisotopic (exact) mass is 303 g/mol. The molecule has 3 rings (SSSR count). The van der Waals surface area contributed by atoms with E-state index in [-0.39, 0.29) is 11.3 Å². The first-order chi connectivity index (χ1) is 10.9. The van der Waals surface area contributed by atoms with Gasteiger partial charge in [-0.2, -0.15) is 0 Å². The predicted octanol–water partition coefficient (Wildman–Crippen LogP) is 4.54. The third-order valence-corrected chi connectivity index (χ3v) is 3.99. The first kappa shape index (κ1) is 15.3. The first-order valence-corrected chi connectivity index (χ1v) is 7.84. The zero-order chi connectivity index (χ0) is 16.4. The van der Waals surface area contributed by atoms with Crippen molar-refractivity contribution in [1.82, 2.24) is 5.32 Å². The summed E-state index contributed by atoms with van der Waals surface area (Å²) in [6, 6.07) is 18.3. The molecule has 0 unspecified atom stereocenters. The van der Waals surface area contributed by atoms with Crippen molar-refractivity contribution in [2.45, 2.75) is 26.2 Å². The first-order valence-electron chi connectivity index (χ1n) is 7.84. The fraction of sp³-hybridized carbons (Fsp3) is 0.190. The van der Waals surface area contributed by atoms with Crippen molar-refractivity contribution in [1.29, 1.82) is 0 Å². The normalized spacial score (nSPS) is 16.4. The minimum atomic E-state index is -0.0521. The Labute approximate surface area is 137 Å². The Morgan fingerprint density at radius 1 is 0.913 bits per heavy atom. The summed E-state index contributed by atoms with van der Waals surface area (Å²) in [6.45, 7) is 6.58. The van der Waals surface area contributed by atoms with Crippen molar-refractivity contribution in [3.8, 4) is 0 Å². The van der Waals surface area contributed by atoms with Crippen LogP contribution in [-0.4, -0.2) is 5.91 Å². The number of nitrogens with one attached hydrogen (secondary N) is 1. The number of rotatable bonds is 2. The molecule has 0 radical (unpaired) electrons. The average molecular weight is 303 g/mol. The van der Waals surface area contributed by atoms with Crippen LogP contribution in [0.3, 0.4) is 0 Å². The van der Waals surface area contributed by atoms with E-state index < -0.39 is 0 Å². The molecule has 1 amide bonds. The molecule has 116 valence electrons. The van der Waals surface area contributed by atoms with Crippen LogP contribution in [0.2, 0.25) is 0 Å². The molecule has 0 bridgehead atoms. The minimum Gasteiger partial charge on any atom is -0.321 e. The predicted molar refractivity (Wildman–Crippen MR) is 95.7 cm³/mol. The Morgan fingerprint density at radius 2 is 1.57 bits per heavy atom. The molecular weight excluding hydrogens is 282 g/mol. The van der Waals surface area contributed by atoms with Crippen LogP contribution in [0.5, 0.6) is 0 Å². The summed E-state index contributed by atoms with van der Waals surface area (Å²) in [6.07, 6.45) is 3.83. The molecule has 0 saturated heterocycles. The quantitative estimate of drug-likeness (QED) is 0.811. The maximum absolute atomic E-state index is 12.2. The smallest absolute Gasteiger partial charge is 0.255 e. The lowest BCUT2D eigenvalue weighted by atomic mass is 9.86. The van der Waals surface area contributed by atoms with E-state index in [1.54, 1.807) is 0 Å². The van der Waals surface area contributed by atoms with Gasteiger partial charge in [-0.15, -0.1) is 0 Å².